The molecule has 2 aromatic carbocycles. The zero-order valence-electron chi connectivity index (χ0n) is 8.87. The van der Waals surface area contributed by atoms with Gasteiger partial charge in [0.05, 0.1) is 5.02 Å². The van der Waals surface area contributed by atoms with Crippen molar-refractivity contribution in [2.45, 2.75) is 6.92 Å². The third-order valence-corrected chi connectivity index (χ3v) is 2.55. The lowest BCUT2D eigenvalue weighted by atomic mass is 10.1. The normalized spacial score (nSPS) is 10.4. The summed E-state index contributed by atoms with van der Waals surface area (Å²) in [6.45, 7) is 1.53. The summed E-state index contributed by atoms with van der Waals surface area (Å²) >= 11 is 6.05. The lowest BCUT2D eigenvalue weighted by Gasteiger charge is -2.09. The summed E-state index contributed by atoms with van der Waals surface area (Å²) in [4.78, 5) is 10.9. The maximum atomic E-state index is 10.9. The first-order chi connectivity index (χ1) is 7.68. The van der Waals surface area contributed by atoms with Crippen LogP contribution in [0.2, 0.25) is 5.02 Å². The molecule has 2 rings (SSSR count). The van der Waals surface area contributed by atoms with Crippen molar-refractivity contribution in [2.24, 2.45) is 0 Å². The molecule has 16 heavy (non-hydrogen) atoms. The first kappa shape index (κ1) is 11.0. The lowest BCUT2D eigenvalue weighted by Crippen LogP contribution is -2.07. The Morgan fingerprint density at radius 1 is 1.25 bits per heavy atom. The van der Waals surface area contributed by atoms with Gasteiger partial charge in [-0.15, -0.1) is 0 Å². The third-order valence-electron chi connectivity index (χ3n) is 2.25. The van der Waals surface area contributed by atoms with Crippen molar-refractivity contribution < 1.29 is 9.53 Å². The van der Waals surface area contributed by atoms with E-state index in [-0.39, 0.29) is 12.4 Å². The monoisotopic (exact) mass is 234 g/mol. The summed E-state index contributed by atoms with van der Waals surface area (Å²) in [7, 11) is 0. The largest absolute Gasteiger partial charge is 0.484 e. The van der Waals surface area contributed by atoms with Gasteiger partial charge < -0.3 is 4.74 Å². The van der Waals surface area contributed by atoms with Gasteiger partial charge in [0.15, 0.2) is 5.78 Å². The van der Waals surface area contributed by atoms with Crippen LogP contribution in [0.3, 0.4) is 0 Å². The van der Waals surface area contributed by atoms with Crippen molar-refractivity contribution in [1.29, 1.82) is 0 Å². The minimum atomic E-state index is -0.0241. The average molecular weight is 235 g/mol. The maximum absolute atomic E-state index is 10.9. The standard InChI is InChI=1S/C13H11ClO2/c1-9(15)8-16-13-11-5-3-2-4-10(11)6-7-12(13)14/h2-7H,8H2,1H3. The molecule has 0 fully saturated rings. The summed E-state index contributed by atoms with van der Waals surface area (Å²) in [5.41, 5.74) is 0. The van der Waals surface area contributed by atoms with Gasteiger partial charge >= 0.3 is 0 Å². The Morgan fingerprint density at radius 3 is 2.75 bits per heavy atom. The number of fused-ring (bicyclic) bond motifs is 1. The van der Waals surface area contributed by atoms with Crippen LogP contribution < -0.4 is 4.74 Å². The molecular weight excluding hydrogens is 224 g/mol. The van der Waals surface area contributed by atoms with Gasteiger partial charge in [-0.25, -0.2) is 0 Å². The molecule has 2 aromatic rings. The highest BCUT2D eigenvalue weighted by Gasteiger charge is 2.07. The molecule has 82 valence electrons. The van der Waals surface area contributed by atoms with Crippen LogP contribution in [0.15, 0.2) is 36.4 Å². The molecule has 0 amide bonds. The number of ketones is 1. The molecule has 0 heterocycles. The van der Waals surface area contributed by atoms with Crippen LogP contribution in [-0.2, 0) is 4.79 Å². The molecule has 0 saturated carbocycles. The van der Waals surface area contributed by atoms with Gasteiger partial charge in [0.2, 0.25) is 0 Å². The Hall–Kier alpha value is -1.54. The van der Waals surface area contributed by atoms with Crippen molar-refractivity contribution in [3.8, 4) is 5.75 Å². The van der Waals surface area contributed by atoms with Gasteiger partial charge in [0.1, 0.15) is 12.4 Å². The second-order valence-electron chi connectivity index (χ2n) is 3.59. The van der Waals surface area contributed by atoms with Gasteiger partial charge in [0.25, 0.3) is 0 Å². The predicted octanol–water partition coefficient (Wildman–Crippen LogP) is 3.46. The van der Waals surface area contributed by atoms with Gasteiger partial charge in [0, 0.05) is 5.39 Å². The van der Waals surface area contributed by atoms with E-state index in [0.717, 1.165) is 10.8 Å². The SMILES string of the molecule is CC(=O)COc1c(Cl)ccc2ccccc12. The highest BCUT2D eigenvalue weighted by molar-refractivity contribution is 6.33. The van der Waals surface area contributed by atoms with Crippen LogP contribution in [0.25, 0.3) is 10.8 Å². The zero-order chi connectivity index (χ0) is 11.5. The van der Waals surface area contributed by atoms with Gasteiger partial charge in [-0.2, -0.15) is 0 Å². The molecule has 2 nitrogen and oxygen atoms in total. The first-order valence-electron chi connectivity index (χ1n) is 4.98. The Balaban J connectivity index is 2.48. The van der Waals surface area contributed by atoms with E-state index in [2.05, 4.69) is 0 Å². The van der Waals surface area contributed by atoms with E-state index in [9.17, 15) is 4.79 Å². The molecule has 0 aromatic heterocycles. The fraction of sp³-hybridized carbons (Fsp3) is 0.154. The van der Waals surface area contributed by atoms with Crippen LogP contribution in [0, 0.1) is 0 Å². The Bertz CT molecular complexity index is 534. The number of ether oxygens (including phenoxy) is 1. The Labute approximate surface area is 98.8 Å². The first-order valence-corrected chi connectivity index (χ1v) is 5.36. The number of benzene rings is 2. The highest BCUT2D eigenvalue weighted by Crippen LogP contribution is 2.33. The minimum absolute atomic E-state index is 0.0241. The van der Waals surface area contributed by atoms with E-state index in [1.165, 1.54) is 6.92 Å². The molecule has 0 spiro atoms. The summed E-state index contributed by atoms with van der Waals surface area (Å²) in [6, 6.07) is 11.5. The van der Waals surface area contributed by atoms with E-state index in [1.807, 2.05) is 30.3 Å². The molecule has 0 unspecified atom stereocenters. The molecule has 0 aliphatic rings. The van der Waals surface area contributed by atoms with Crippen LogP contribution in [0.1, 0.15) is 6.92 Å². The van der Waals surface area contributed by atoms with Crippen molar-refractivity contribution in [3.63, 3.8) is 0 Å². The van der Waals surface area contributed by atoms with E-state index in [1.54, 1.807) is 6.07 Å². The third kappa shape index (κ3) is 2.17. The fourth-order valence-corrected chi connectivity index (χ4v) is 1.76. The summed E-state index contributed by atoms with van der Waals surface area (Å²) < 4.78 is 5.43. The molecule has 0 atom stereocenters. The summed E-state index contributed by atoms with van der Waals surface area (Å²) in [5, 5.41) is 2.50. The number of carbonyl (C=O) groups is 1. The van der Waals surface area contributed by atoms with Crippen LogP contribution in [0.4, 0.5) is 0 Å². The molecular formula is C13H11ClO2. The zero-order valence-corrected chi connectivity index (χ0v) is 9.62. The topological polar surface area (TPSA) is 26.3 Å². The van der Waals surface area contributed by atoms with Crippen LogP contribution >= 0.6 is 11.6 Å². The molecule has 0 aliphatic heterocycles. The average Bonchev–Trinajstić information content (AvgIpc) is 2.27. The maximum Gasteiger partial charge on any atom is 0.167 e. The molecule has 0 radical (unpaired) electrons. The van der Waals surface area contributed by atoms with Crippen molar-refractivity contribution in [1.82, 2.24) is 0 Å². The number of hydrogen-bond acceptors (Lipinski definition) is 2. The van der Waals surface area contributed by atoms with Crippen molar-refractivity contribution in [3.05, 3.63) is 41.4 Å². The van der Waals surface area contributed by atoms with Crippen LogP contribution in [0.5, 0.6) is 5.75 Å². The second kappa shape index (κ2) is 4.54. The van der Waals surface area contributed by atoms with Crippen molar-refractivity contribution >= 4 is 28.2 Å². The van der Waals surface area contributed by atoms with Gasteiger partial charge in [-0.05, 0) is 18.4 Å². The summed E-state index contributed by atoms with van der Waals surface area (Å²) in [5.74, 6) is 0.555. The number of hydrogen-bond donors (Lipinski definition) is 0. The summed E-state index contributed by atoms with van der Waals surface area (Å²) in [6.07, 6.45) is 0. The molecule has 3 heteroatoms. The number of halogens is 1. The number of rotatable bonds is 3. The van der Waals surface area contributed by atoms with Crippen molar-refractivity contribution in [2.75, 3.05) is 6.61 Å². The molecule has 0 N–H and O–H groups in total. The molecule has 0 aliphatic carbocycles. The van der Waals surface area contributed by atoms with Gasteiger partial charge in [-0.1, -0.05) is 41.9 Å². The molecule has 0 saturated heterocycles. The quantitative estimate of drug-likeness (QED) is 0.813. The van der Waals surface area contributed by atoms with Gasteiger partial charge in [-0.3, -0.25) is 4.79 Å². The number of Topliss-reactive ketones (excluding diaryl/α,β-unsaturated/α-hetero) is 1. The van der Waals surface area contributed by atoms with E-state index in [4.69, 9.17) is 16.3 Å². The number of carbonyl (C=O) groups excluding carboxylic acids is 1. The van der Waals surface area contributed by atoms with E-state index >= 15 is 0 Å². The minimum Gasteiger partial charge on any atom is -0.484 e. The highest BCUT2D eigenvalue weighted by atomic mass is 35.5. The smallest absolute Gasteiger partial charge is 0.167 e. The predicted molar refractivity (Wildman–Crippen MR) is 65.1 cm³/mol. The fourth-order valence-electron chi connectivity index (χ4n) is 1.54. The lowest BCUT2D eigenvalue weighted by molar-refractivity contribution is -0.118. The second-order valence-corrected chi connectivity index (χ2v) is 4.00. The van der Waals surface area contributed by atoms with E-state index in [0.29, 0.717) is 10.8 Å². The Kier molecular flexibility index (Phi) is 3.11. The molecule has 0 bridgehead atoms. The Morgan fingerprint density at radius 2 is 2.00 bits per heavy atom. The van der Waals surface area contributed by atoms with Crippen LogP contribution in [-0.4, -0.2) is 12.4 Å². The van der Waals surface area contributed by atoms with E-state index < -0.39 is 0 Å².